The van der Waals surface area contributed by atoms with Gasteiger partial charge >= 0.3 is 0 Å². The van der Waals surface area contributed by atoms with E-state index >= 15 is 0 Å². The van der Waals surface area contributed by atoms with Gasteiger partial charge in [-0.1, -0.05) is 37.8 Å². The maximum absolute atomic E-state index is 13.7. The third kappa shape index (κ3) is 4.30. The Morgan fingerprint density at radius 2 is 2.10 bits per heavy atom. The topological polar surface area (TPSA) is 55.1 Å². The van der Waals surface area contributed by atoms with Crippen molar-refractivity contribution < 1.29 is 9.18 Å². The lowest BCUT2D eigenvalue weighted by Crippen LogP contribution is -2.23. The molecule has 0 aromatic heterocycles. The largest absolute Gasteiger partial charge is 0.352 e. The van der Waals surface area contributed by atoms with Crippen LogP contribution in [0.3, 0.4) is 0 Å². The molecule has 0 heterocycles. The zero-order chi connectivity index (χ0) is 14.4. The van der Waals surface area contributed by atoms with Crippen LogP contribution in [0.2, 0.25) is 0 Å². The summed E-state index contributed by atoms with van der Waals surface area (Å²) in [4.78, 5) is 11.8. The van der Waals surface area contributed by atoms with Crippen molar-refractivity contribution in [2.24, 2.45) is 11.7 Å². The fourth-order valence-electron chi connectivity index (χ4n) is 2.78. The van der Waals surface area contributed by atoms with E-state index in [4.69, 9.17) is 5.73 Å². The number of amides is 1. The van der Waals surface area contributed by atoms with E-state index in [9.17, 15) is 9.18 Å². The minimum Gasteiger partial charge on any atom is -0.352 e. The van der Waals surface area contributed by atoms with Gasteiger partial charge in [0.05, 0.1) is 0 Å². The van der Waals surface area contributed by atoms with Gasteiger partial charge in [0.1, 0.15) is 5.82 Å². The first-order chi connectivity index (χ1) is 9.69. The molecule has 1 aliphatic carbocycles. The van der Waals surface area contributed by atoms with Crippen molar-refractivity contribution in [3.63, 3.8) is 0 Å². The van der Waals surface area contributed by atoms with Gasteiger partial charge in [0.15, 0.2) is 0 Å². The Morgan fingerprint density at radius 3 is 2.75 bits per heavy atom. The van der Waals surface area contributed by atoms with Crippen LogP contribution < -0.4 is 11.1 Å². The molecule has 1 aliphatic rings. The van der Waals surface area contributed by atoms with E-state index in [1.165, 1.54) is 31.7 Å². The van der Waals surface area contributed by atoms with E-state index in [0.717, 1.165) is 12.0 Å². The number of nitrogens with two attached hydrogens (primary N) is 1. The lowest BCUT2D eigenvalue weighted by molar-refractivity contribution is -0.121. The normalized spacial score (nSPS) is 15.5. The summed E-state index contributed by atoms with van der Waals surface area (Å²) in [7, 11) is 0. The second-order valence-electron chi connectivity index (χ2n) is 5.60. The highest BCUT2D eigenvalue weighted by atomic mass is 19.1. The van der Waals surface area contributed by atoms with Gasteiger partial charge in [-0.2, -0.15) is 0 Å². The monoisotopic (exact) mass is 278 g/mol. The molecule has 0 atom stereocenters. The van der Waals surface area contributed by atoms with E-state index in [-0.39, 0.29) is 18.3 Å². The van der Waals surface area contributed by atoms with Crippen LogP contribution >= 0.6 is 0 Å². The summed E-state index contributed by atoms with van der Waals surface area (Å²) in [5, 5.41) is 2.79. The molecule has 2 rings (SSSR count). The number of hydrogen-bond donors (Lipinski definition) is 2. The molecule has 0 bridgehead atoms. The summed E-state index contributed by atoms with van der Waals surface area (Å²) in [6.07, 6.45) is 6.61. The molecule has 1 amide bonds. The second-order valence-corrected chi connectivity index (χ2v) is 5.60. The van der Waals surface area contributed by atoms with Crippen LogP contribution in [0.15, 0.2) is 18.2 Å². The molecular weight excluding hydrogens is 255 g/mol. The Balaban J connectivity index is 1.75. The Morgan fingerprint density at radius 1 is 1.35 bits per heavy atom. The van der Waals surface area contributed by atoms with Gasteiger partial charge in [0.25, 0.3) is 0 Å². The highest BCUT2D eigenvalue weighted by molar-refractivity contribution is 5.75. The first-order valence-corrected chi connectivity index (χ1v) is 7.43. The predicted octanol–water partition coefficient (Wildman–Crippen LogP) is 2.87. The Hall–Kier alpha value is -1.42. The Bertz CT molecular complexity index is 456. The summed E-state index contributed by atoms with van der Waals surface area (Å²) in [5.74, 6) is 0.421. The highest BCUT2D eigenvalue weighted by Crippen LogP contribution is 2.28. The molecule has 1 aromatic rings. The first-order valence-electron chi connectivity index (χ1n) is 7.43. The fraction of sp³-hybridized carbons (Fsp3) is 0.562. The lowest BCUT2D eigenvalue weighted by atomic mass is 10.0. The maximum Gasteiger partial charge on any atom is 0.220 e. The van der Waals surface area contributed by atoms with Crippen molar-refractivity contribution >= 4 is 5.91 Å². The van der Waals surface area contributed by atoms with Crippen LogP contribution in [0, 0.1) is 11.7 Å². The quantitative estimate of drug-likeness (QED) is 0.840. The second kappa shape index (κ2) is 7.39. The minimum atomic E-state index is -0.302. The van der Waals surface area contributed by atoms with E-state index in [0.29, 0.717) is 24.4 Å². The molecular formula is C16H23FN2O. The molecule has 110 valence electrons. The molecule has 0 saturated heterocycles. The molecule has 1 fully saturated rings. The van der Waals surface area contributed by atoms with Crippen molar-refractivity contribution in [3.8, 4) is 0 Å². The van der Waals surface area contributed by atoms with Crippen LogP contribution in [-0.4, -0.2) is 5.91 Å². The van der Waals surface area contributed by atoms with E-state index in [1.54, 1.807) is 12.1 Å². The molecule has 3 nitrogen and oxygen atoms in total. The molecule has 3 N–H and O–H groups in total. The van der Waals surface area contributed by atoms with Crippen LogP contribution in [0.5, 0.6) is 0 Å². The van der Waals surface area contributed by atoms with Crippen molar-refractivity contribution in [3.05, 3.63) is 35.1 Å². The van der Waals surface area contributed by atoms with Gasteiger partial charge < -0.3 is 11.1 Å². The van der Waals surface area contributed by atoms with Gasteiger partial charge in [-0.05, 0) is 24.0 Å². The van der Waals surface area contributed by atoms with Crippen molar-refractivity contribution in [1.29, 1.82) is 0 Å². The first kappa shape index (κ1) is 15.0. The third-order valence-corrected chi connectivity index (χ3v) is 4.08. The lowest BCUT2D eigenvalue weighted by Gasteiger charge is -2.10. The molecule has 0 spiro atoms. The van der Waals surface area contributed by atoms with E-state index in [2.05, 4.69) is 5.32 Å². The summed E-state index contributed by atoms with van der Waals surface area (Å²) < 4.78 is 13.7. The molecule has 1 saturated carbocycles. The summed E-state index contributed by atoms with van der Waals surface area (Å²) in [6.45, 7) is 0.575. The van der Waals surface area contributed by atoms with Gasteiger partial charge in [-0.15, -0.1) is 0 Å². The number of carbonyl (C=O) groups excluding carboxylic acids is 1. The van der Waals surface area contributed by atoms with Gasteiger partial charge in [-0.3, -0.25) is 4.79 Å². The molecule has 4 heteroatoms. The zero-order valence-electron chi connectivity index (χ0n) is 11.8. The predicted molar refractivity (Wildman–Crippen MR) is 77.3 cm³/mol. The minimum absolute atomic E-state index is 0.0131. The average molecular weight is 278 g/mol. The summed E-state index contributed by atoms with van der Waals surface area (Å²) in [6, 6.07) is 4.91. The van der Waals surface area contributed by atoms with E-state index in [1.807, 2.05) is 0 Å². The number of nitrogens with one attached hydrogen (secondary N) is 1. The van der Waals surface area contributed by atoms with Crippen molar-refractivity contribution in [2.45, 2.75) is 51.6 Å². The average Bonchev–Trinajstić information content (AvgIpc) is 2.97. The van der Waals surface area contributed by atoms with Crippen LogP contribution in [-0.2, 0) is 17.9 Å². The zero-order valence-corrected chi connectivity index (χ0v) is 11.8. The van der Waals surface area contributed by atoms with Crippen LogP contribution in [0.1, 0.15) is 49.7 Å². The Labute approximate surface area is 119 Å². The standard InChI is InChI=1S/C16H23FN2O/c17-15-9-13(10-18)5-7-14(15)11-19-16(20)8-6-12-3-1-2-4-12/h5,7,9,12H,1-4,6,8,10-11,18H2,(H,19,20). The molecule has 20 heavy (non-hydrogen) atoms. The van der Waals surface area contributed by atoms with Crippen molar-refractivity contribution in [1.82, 2.24) is 5.32 Å². The summed E-state index contributed by atoms with van der Waals surface area (Å²) in [5.41, 5.74) is 6.73. The van der Waals surface area contributed by atoms with Crippen molar-refractivity contribution in [2.75, 3.05) is 0 Å². The van der Waals surface area contributed by atoms with Crippen LogP contribution in [0.25, 0.3) is 0 Å². The maximum atomic E-state index is 13.7. The third-order valence-electron chi connectivity index (χ3n) is 4.08. The van der Waals surface area contributed by atoms with Gasteiger partial charge in [0, 0.05) is 25.1 Å². The Kier molecular flexibility index (Phi) is 5.53. The number of benzene rings is 1. The number of hydrogen-bond acceptors (Lipinski definition) is 2. The molecule has 1 aromatic carbocycles. The highest BCUT2D eigenvalue weighted by Gasteiger charge is 2.16. The van der Waals surface area contributed by atoms with Crippen LogP contribution in [0.4, 0.5) is 4.39 Å². The molecule has 0 aliphatic heterocycles. The number of carbonyl (C=O) groups is 1. The van der Waals surface area contributed by atoms with E-state index < -0.39 is 0 Å². The molecule has 0 unspecified atom stereocenters. The van der Waals surface area contributed by atoms with Gasteiger partial charge in [-0.25, -0.2) is 4.39 Å². The summed E-state index contributed by atoms with van der Waals surface area (Å²) >= 11 is 0. The molecule has 0 radical (unpaired) electrons. The number of halogens is 1. The SMILES string of the molecule is NCc1ccc(CNC(=O)CCC2CCCC2)c(F)c1. The smallest absolute Gasteiger partial charge is 0.220 e. The number of rotatable bonds is 6. The van der Waals surface area contributed by atoms with Gasteiger partial charge in [0.2, 0.25) is 5.91 Å². The fourth-order valence-corrected chi connectivity index (χ4v) is 2.78.